The van der Waals surface area contributed by atoms with Crippen LogP contribution in [0.15, 0.2) is 29.3 Å². The standard InChI is InChI=1S/C16H14F2N4O2S/c17-11-2-1-10(7-12(11)18)8-22-9-19-14-13(15(22)23)25-16(20-14)21-3-5-24-6-4-21/h1-2,7,9H,3-6,8H2. The van der Waals surface area contributed by atoms with Crippen LogP contribution in [0.2, 0.25) is 0 Å². The van der Waals surface area contributed by atoms with Gasteiger partial charge in [0, 0.05) is 13.1 Å². The number of nitrogens with zero attached hydrogens (tertiary/aromatic N) is 4. The van der Waals surface area contributed by atoms with Gasteiger partial charge in [0.25, 0.3) is 5.56 Å². The van der Waals surface area contributed by atoms with Gasteiger partial charge in [-0.1, -0.05) is 17.4 Å². The molecular formula is C16H14F2N4O2S. The van der Waals surface area contributed by atoms with E-state index in [1.807, 2.05) is 0 Å². The summed E-state index contributed by atoms with van der Waals surface area (Å²) in [5, 5.41) is 0.744. The highest BCUT2D eigenvalue weighted by Crippen LogP contribution is 2.25. The van der Waals surface area contributed by atoms with Gasteiger partial charge in [-0.15, -0.1) is 0 Å². The highest BCUT2D eigenvalue weighted by Gasteiger charge is 2.18. The third-order valence-corrected chi connectivity index (χ3v) is 5.08. The van der Waals surface area contributed by atoms with E-state index in [1.165, 1.54) is 28.3 Å². The molecule has 0 saturated carbocycles. The van der Waals surface area contributed by atoms with Gasteiger partial charge in [-0.2, -0.15) is 4.98 Å². The smallest absolute Gasteiger partial charge is 0.273 e. The molecule has 1 saturated heterocycles. The maximum absolute atomic E-state index is 13.3. The third-order valence-electron chi connectivity index (χ3n) is 3.99. The van der Waals surface area contributed by atoms with Crippen LogP contribution in [0, 0.1) is 11.6 Å². The van der Waals surface area contributed by atoms with Crippen molar-refractivity contribution in [2.24, 2.45) is 0 Å². The fourth-order valence-electron chi connectivity index (χ4n) is 2.67. The molecule has 0 bridgehead atoms. The first-order valence-corrected chi connectivity index (χ1v) is 8.56. The first kappa shape index (κ1) is 16.1. The number of hydrogen-bond donors (Lipinski definition) is 0. The van der Waals surface area contributed by atoms with Crippen molar-refractivity contribution in [2.75, 3.05) is 31.2 Å². The lowest BCUT2D eigenvalue weighted by molar-refractivity contribution is 0.122. The monoisotopic (exact) mass is 364 g/mol. The molecule has 1 aliphatic rings. The molecule has 6 nitrogen and oxygen atoms in total. The summed E-state index contributed by atoms with van der Waals surface area (Å²) in [6.07, 6.45) is 1.38. The van der Waals surface area contributed by atoms with E-state index in [0.29, 0.717) is 29.1 Å². The second-order valence-electron chi connectivity index (χ2n) is 5.67. The minimum absolute atomic E-state index is 0.115. The van der Waals surface area contributed by atoms with Crippen molar-refractivity contribution in [3.63, 3.8) is 0 Å². The van der Waals surface area contributed by atoms with E-state index in [-0.39, 0.29) is 12.1 Å². The average Bonchev–Trinajstić information content (AvgIpc) is 3.06. The molecule has 0 N–H and O–H groups in total. The van der Waals surface area contributed by atoms with Crippen LogP contribution in [-0.4, -0.2) is 40.8 Å². The van der Waals surface area contributed by atoms with E-state index in [9.17, 15) is 13.6 Å². The molecule has 2 aromatic heterocycles. The molecule has 3 heterocycles. The predicted octanol–water partition coefficient (Wildman–Crippen LogP) is 2.02. The molecule has 0 radical (unpaired) electrons. The van der Waals surface area contributed by atoms with Gasteiger partial charge in [-0.05, 0) is 17.7 Å². The van der Waals surface area contributed by atoms with Crippen LogP contribution < -0.4 is 10.5 Å². The van der Waals surface area contributed by atoms with E-state index >= 15 is 0 Å². The van der Waals surface area contributed by atoms with Gasteiger partial charge in [0.1, 0.15) is 11.0 Å². The Morgan fingerprint density at radius 2 is 2.00 bits per heavy atom. The Kier molecular flexibility index (Phi) is 4.18. The number of thiazole rings is 1. The van der Waals surface area contributed by atoms with Crippen molar-refractivity contribution in [2.45, 2.75) is 6.54 Å². The SMILES string of the molecule is O=c1c2sc(N3CCOCC3)nc2ncn1Cc1ccc(F)c(F)c1. The quantitative estimate of drug-likeness (QED) is 0.712. The molecule has 9 heteroatoms. The first-order valence-electron chi connectivity index (χ1n) is 7.74. The maximum atomic E-state index is 13.3. The minimum Gasteiger partial charge on any atom is -0.378 e. The largest absolute Gasteiger partial charge is 0.378 e. The van der Waals surface area contributed by atoms with E-state index in [4.69, 9.17) is 4.74 Å². The van der Waals surface area contributed by atoms with Crippen molar-refractivity contribution in [1.29, 1.82) is 0 Å². The number of ether oxygens (including phenoxy) is 1. The Hall–Kier alpha value is -2.39. The normalized spacial score (nSPS) is 15.0. The Morgan fingerprint density at radius 1 is 1.20 bits per heavy atom. The summed E-state index contributed by atoms with van der Waals surface area (Å²) in [7, 11) is 0. The van der Waals surface area contributed by atoms with Gasteiger partial charge in [-0.25, -0.2) is 13.8 Å². The Labute approximate surface area is 145 Å². The minimum atomic E-state index is -0.938. The van der Waals surface area contributed by atoms with Gasteiger partial charge in [-0.3, -0.25) is 9.36 Å². The molecule has 1 aliphatic heterocycles. The molecule has 0 unspecified atom stereocenters. The van der Waals surface area contributed by atoms with Crippen LogP contribution in [0.4, 0.5) is 13.9 Å². The van der Waals surface area contributed by atoms with Gasteiger partial charge in [0.15, 0.2) is 22.4 Å². The Balaban J connectivity index is 1.67. The van der Waals surface area contributed by atoms with E-state index in [2.05, 4.69) is 14.9 Å². The molecule has 1 fully saturated rings. The molecule has 0 aliphatic carbocycles. The lowest BCUT2D eigenvalue weighted by Gasteiger charge is -2.25. The number of rotatable bonds is 3. The molecule has 1 aromatic carbocycles. The summed E-state index contributed by atoms with van der Waals surface area (Å²) >= 11 is 1.29. The second-order valence-corrected chi connectivity index (χ2v) is 6.65. The van der Waals surface area contributed by atoms with Crippen LogP contribution in [0.3, 0.4) is 0 Å². The molecule has 0 spiro atoms. The zero-order valence-corrected chi connectivity index (χ0v) is 13.9. The molecule has 0 amide bonds. The average molecular weight is 364 g/mol. The lowest BCUT2D eigenvalue weighted by atomic mass is 10.2. The van der Waals surface area contributed by atoms with Gasteiger partial charge in [0.2, 0.25) is 0 Å². The van der Waals surface area contributed by atoms with Crippen molar-refractivity contribution in [3.05, 3.63) is 52.1 Å². The second kappa shape index (κ2) is 6.49. The van der Waals surface area contributed by atoms with Gasteiger partial charge in [0.05, 0.1) is 19.8 Å². The number of aromatic nitrogens is 3. The number of fused-ring (bicyclic) bond motifs is 1. The zero-order chi connectivity index (χ0) is 17.4. The fourth-order valence-corrected chi connectivity index (χ4v) is 3.69. The van der Waals surface area contributed by atoms with Gasteiger partial charge >= 0.3 is 0 Å². The van der Waals surface area contributed by atoms with Crippen molar-refractivity contribution >= 4 is 26.8 Å². The number of benzene rings is 1. The lowest BCUT2D eigenvalue weighted by Crippen LogP contribution is -2.36. The van der Waals surface area contributed by atoms with Crippen LogP contribution in [0.5, 0.6) is 0 Å². The van der Waals surface area contributed by atoms with E-state index in [1.54, 1.807) is 0 Å². The molecular weight excluding hydrogens is 350 g/mol. The highest BCUT2D eigenvalue weighted by molar-refractivity contribution is 7.22. The molecule has 130 valence electrons. The summed E-state index contributed by atoms with van der Waals surface area (Å²) < 4.78 is 33.5. The number of morpholine rings is 1. The van der Waals surface area contributed by atoms with Crippen LogP contribution in [0.1, 0.15) is 5.56 Å². The Morgan fingerprint density at radius 3 is 2.76 bits per heavy atom. The van der Waals surface area contributed by atoms with Crippen molar-refractivity contribution in [1.82, 2.24) is 14.5 Å². The number of halogens is 2. The Bertz CT molecular complexity index is 982. The molecule has 0 atom stereocenters. The molecule has 3 aromatic rings. The topological polar surface area (TPSA) is 60.3 Å². The van der Waals surface area contributed by atoms with E-state index < -0.39 is 11.6 Å². The summed E-state index contributed by atoms with van der Waals surface area (Å²) in [5.74, 6) is -1.85. The molecule has 4 rings (SSSR count). The third kappa shape index (κ3) is 3.12. The molecule has 25 heavy (non-hydrogen) atoms. The van der Waals surface area contributed by atoms with Crippen LogP contribution in [0.25, 0.3) is 10.3 Å². The van der Waals surface area contributed by atoms with E-state index in [0.717, 1.165) is 30.4 Å². The van der Waals surface area contributed by atoms with Crippen LogP contribution in [-0.2, 0) is 11.3 Å². The van der Waals surface area contributed by atoms with Crippen LogP contribution >= 0.6 is 11.3 Å². The summed E-state index contributed by atoms with van der Waals surface area (Å²) in [4.78, 5) is 23.4. The number of hydrogen-bond acceptors (Lipinski definition) is 6. The first-order chi connectivity index (χ1) is 12.1. The predicted molar refractivity (Wildman–Crippen MR) is 90.2 cm³/mol. The van der Waals surface area contributed by atoms with Gasteiger partial charge < -0.3 is 9.64 Å². The maximum Gasteiger partial charge on any atom is 0.273 e. The highest BCUT2D eigenvalue weighted by atomic mass is 32.1. The fraction of sp³-hybridized carbons (Fsp3) is 0.312. The van der Waals surface area contributed by atoms with Crippen molar-refractivity contribution < 1.29 is 13.5 Å². The summed E-state index contributed by atoms with van der Waals surface area (Å²) in [5.41, 5.74) is 0.643. The zero-order valence-electron chi connectivity index (χ0n) is 13.1. The summed E-state index contributed by atoms with van der Waals surface area (Å²) in [6, 6.07) is 3.57. The summed E-state index contributed by atoms with van der Waals surface area (Å²) in [6.45, 7) is 2.82. The van der Waals surface area contributed by atoms with Crippen molar-refractivity contribution in [3.8, 4) is 0 Å². The number of anilines is 1.